The van der Waals surface area contributed by atoms with E-state index in [1.807, 2.05) is 48.6 Å². The minimum atomic E-state index is 0.526. The summed E-state index contributed by atoms with van der Waals surface area (Å²) in [6.07, 6.45) is 3.89. The van der Waals surface area contributed by atoms with Gasteiger partial charge >= 0.3 is 0 Å². The zero-order valence-electron chi connectivity index (χ0n) is 8.60. The molecule has 16 heavy (non-hydrogen) atoms. The molecule has 0 unspecified atom stereocenters. The maximum atomic E-state index is 5.80. The zero-order valence-corrected chi connectivity index (χ0v) is 9.35. The minimum absolute atomic E-state index is 0.526. The lowest BCUT2D eigenvalue weighted by atomic mass is 10.2. The molecule has 0 atom stereocenters. The SMILES string of the molecule is Nc1cccc(C=Cc2ccc(Cl)cc2)n1. The van der Waals surface area contributed by atoms with E-state index in [1.165, 1.54) is 0 Å². The topological polar surface area (TPSA) is 38.9 Å². The molecule has 0 amide bonds. The monoisotopic (exact) mass is 230 g/mol. The summed E-state index contributed by atoms with van der Waals surface area (Å²) in [5.41, 5.74) is 7.50. The van der Waals surface area contributed by atoms with Crippen LogP contribution in [-0.4, -0.2) is 4.98 Å². The van der Waals surface area contributed by atoms with E-state index < -0.39 is 0 Å². The molecule has 0 radical (unpaired) electrons. The zero-order chi connectivity index (χ0) is 11.4. The van der Waals surface area contributed by atoms with Crippen molar-refractivity contribution >= 4 is 29.6 Å². The summed E-state index contributed by atoms with van der Waals surface area (Å²) in [5.74, 6) is 0.526. The second-order valence-corrected chi connectivity index (χ2v) is 3.81. The highest BCUT2D eigenvalue weighted by molar-refractivity contribution is 6.30. The third-order valence-corrected chi connectivity index (χ3v) is 2.36. The van der Waals surface area contributed by atoms with Gasteiger partial charge < -0.3 is 5.73 Å². The fraction of sp³-hybridized carbons (Fsp3) is 0. The van der Waals surface area contributed by atoms with Crippen LogP contribution in [0.4, 0.5) is 5.82 Å². The smallest absolute Gasteiger partial charge is 0.124 e. The number of rotatable bonds is 2. The summed E-state index contributed by atoms with van der Waals surface area (Å²) in [7, 11) is 0. The molecule has 0 saturated carbocycles. The Morgan fingerprint density at radius 2 is 1.75 bits per heavy atom. The van der Waals surface area contributed by atoms with Crippen molar-refractivity contribution in [1.82, 2.24) is 4.98 Å². The van der Waals surface area contributed by atoms with Gasteiger partial charge in [-0.1, -0.05) is 35.9 Å². The molecule has 80 valence electrons. The van der Waals surface area contributed by atoms with Crippen molar-refractivity contribution in [1.29, 1.82) is 0 Å². The highest BCUT2D eigenvalue weighted by atomic mass is 35.5. The van der Waals surface area contributed by atoms with Gasteiger partial charge in [-0.15, -0.1) is 0 Å². The van der Waals surface area contributed by atoms with Gasteiger partial charge in [-0.25, -0.2) is 4.98 Å². The average Bonchev–Trinajstić information content (AvgIpc) is 2.28. The Labute approximate surface area is 99.4 Å². The Balaban J connectivity index is 2.18. The molecule has 0 aliphatic rings. The van der Waals surface area contributed by atoms with Gasteiger partial charge in [0.2, 0.25) is 0 Å². The second-order valence-electron chi connectivity index (χ2n) is 3.37. The highest BCUT2D eigenvalue weighted by Crippen LogP contribution is 2.12. The van der Waals surface area contributed by atoms with Crippen molar-refractivity contribution in [3.63, 3.8) is 0 Å². The first-order valence-corrected chi connectivity index (χ1v) is 5.28. The molecule has 2 rings (SSSR count). The van der Waals surface area contributed by atoms with Crippen LogP contribution in [0.3, 0.4) is 0 Å². The van der Waals surface area contributed by atoms with E-state index in [1.54, 1.807) is 6.07 Å². The number of nitrogens with zero attached hydrogens (tertiary/aromatic N) is 1. The van der Waals surface area contributed by atoms with Crippen LogP contribution in [-0.2, 0) is 0 Å². The summed E-state index contributed by atoms with van der Waals surface area (Å²) < 4.78 is 0. The third kappa shape index (κ3) is 2.84. The van der Waals surface area contributed by atoms with Crippen LogP contribution in [0, 0.1) is 0 Å². The molecule has 1 aromatic heterocycles. The van der Waals surface area contributed by atoms with Gasteiger partial charge in [-0.05, 0) is 35.9 Å². The molecule has 2 N–H and O–H groups in total. The van der Waals surface area contributed by atoms with E-state index in [0.29, 0.717) is 5.82 Å². The first-order chi connectivity index (χ1) is 7.74. The van der Waals surface area contributed by atoms with Gasteiger partial charge in [0.25, 0.3) is 0 Å². The molecule has 2 aromatic rings. The molecular weight excluding hydrogens is 220 g/mol. The maximum absolute atomic E-state index is 5.80. The van der Waals surface area contributed by atoms with Crippen LogP contribution in [0.2, 0.25) is 5.02 Å². The molecule has 2 nitrogen and oxygen atoms in total. The number of benzene rings is 1. The quantitative estimate of drug-likeness (QED) is 0.858. The van der Waals surface area contributed by atoms with Crippen molar-refractivity contribution in [3.8, 4) is 0 Å². The lowest BCUT2D eigenvalue weighted by Crippen LogP contribution is -1.90. The minimum Gasteiger partial charge on any atom is -0.384 e. The fourth-order valence-electron chi connectivity index (χ4n) is 1.32. The van der Waals surface area contributed by atoms with E-state index in [4.69, 9.17) is 17.3 Å². The molecule has 1 heterocycles. The van der Waals surface area contributed by atoms with Crippen LogP contribution in [0.1, 0.15) is 11.3 Å². The Hall–Kier alpha value is -1.80. The molecular formula is C13H11ClN2. The Morgan fingerprint density at radius 1 is 1.00 bits per heavy atom. The predicted octanol–water partition coefficient (Wildman–Crippen LogP) is 3.49. The van der Waals surface area contributed by atoms with Crippen LogP contribution in [0.15, 0.2) is 42.5 Å². The van der Waals surface area contributed by atoms with E-state index in [2.05, 4.69) is 4.98 Å². The molecule has 0 fully saturated rings. The number of nitrogen functional groups attached to an aromatic ring is 1. The molecule has 3 heteroatoms. The largest absolute Gasteiger partial charge is 0.384 e. The van der Waals surface area contributed by atoms with Crippen LogP contribution >= 0.6 is 11.6 Å². The summed E-state index contributed by atoms with van der Waals surface area (Å²) in [4.78, 5) is 4.17. The molecule has 0 spiro atoms. The Bertz CT molecular complexity index is 504. The Morgan fingerprint density at radius 3 is 2.44 bits per heavy atom. The van der Waals surface area contributed by atoms with E-state index in [-0.39, 0.29) is 0 Å². The molecule has 0 aliphatic carbocycles. The summed E-state index contributed by atoms with van der Waals surface area (Å²) in [5, 5.41) is 0.735. The summed E-state index contributed by atoms with van der Waals surface area (Å²) >= 11 is 5.80. The van der Waals surface area contributed by atoms with Crippen LogP contribution in [0.5, 0.6) is 0 Å². The number of anilines is 1. The van der Waals surface area contributed by atoms with Gasteiger partial charge in [-0.3, -0.25) is 0 Å². The molecule has 0 saturated heterocycles. The van der Waals surface area contributed by atoms with Crippen molar-refractivity contribution in [2.45, 2.75) is 0 Å². The normalized spacial score (nSPS) is 10.8. The number of aromatic nitrogens is 1. The third-order valence-electron chi connectivity index (χ3n) is 2.11. The fourth-order valence-corrected chi connectivity index (χ4v) is 1.44. The first kappa shape index (κ1) is 10.7. The Kier molecular flexibility index (Phi) is 3.22. The number of halogens is 1. The molecule has 1 aromatic carbocycles. The first-order valence-electron chi connectivity index (χ1n) is 4.90. The van der Waals surface area contributed by atoms with E-state index in [0.717, 1.165) is 16.3 Å². The molecule has 0 aliphatic heterocycles. The van der Waals surface area contributed by atoms with Crippen molar-refractivity contribution in [2.24, 2.45) is 0 Å². The highest BCUT2D eigenvalue weighted by Gasteiger charge is 1.91. The van der Waals surface area contributed by atoms with Gasteiger partial charge in [-0.2, -0.15) is 0 Å². The number of nitrogens with two attached hydrogens (primary N) is 1. The molecule has 0 bridgehead atoms. The second kappa shape index (κ2) is 4.81. The van der Waals surface area contributed by atoms with Gasteiger partial charge in [0.15, 0.2) is 0 Å². The van der Waals surface area contributed by atoms with E-state index >= 15 is 0 Å². The van der Waals surface area contributed by atoms with Crippen molar-refractivity contribution < 1.29 is 0 Å². The number of hydrogen-bond donors (Lipinski definition) is 1. The van der Waals surface area contributed by atoms with Crippen LogP contribution in [0.25, 0.3) is 12.2 Å². The van der Waals surface area contributed by atoms with Crippen molar-refractivity contribution in [3.05, 3.63) is 58.7 Å². The van der Waals surface area contributed by atoms with Gasteiger partial charge in [0.05, 0.1) is 5.69 Å². The standard InChI is InChI=1S/C13H11ClN2/c14-11-7-4-10(5-8-11)6-9-12-2-1-3-13(15)16-12/h1-9H,(H2,15,16). The lowest BCUT2D eigenvalue weighted by molar-refractivity contribution is 1.31. The van der Waals surface area contributed by atoms with Gasteiger partial charge in [0, 0.05) is 5.02 Å². The average molecular weight is 231 g/mol. The predicted molar refractivity (Wildman–Crippen MR) is 69.0 cm³/mol. The van der Waals surface area contributed by atoms with E-state index in [9.17, 15) is 0 Å². The maximum Gasteiger partial charge on any atom is 0.124 e. The van der Waals surface area contributed by atoms with Crippen molar-refractivity contribution in [2.75, 3.05) is 5.73 Å². The van der Waals surface area contributed by atoms with Gasteiger partial charge in [0.1, 0.15) is 5.82 Å². The summed E-state index contributed by atoms with van der Waals surface area (Å²) in [6.45, 7) is 0. The van der Waals surface area contributed by atoms with Crippen LogP contribution < -0.4 is 5.73 Å². The lowest BCUT2D eigenvalue weighted by Gasteiger charge is -1.96. The number of pyridine rings is 1. The summed E-state index contributed by atoms with van der Waals surface area (Å²) in [6, 6.07) is 13.2. The number of hydrogen-bond acceptors (Lipinski definition) is 2.